The molecule has 0 spiro atoms. The maximum absolute atomic E-state index is 11.7. The van der Waals surface area contributed by atoms with Crippen molar-refractivity contribution < 1.29 is 38.0 Å². The molecule has 0 bridgehead atoms. The number of hydrogen-bond acceptors (Lipinski definition) is 9. The number of likely N-dealkylation sites (N-methyl/N-ethyl adjacent to an activating group) is 1. The van der Waals surface area contributed by atoms with Crippen molar-refractivity contribution in [2.75, 3.05) is 107 Å². The number of ether oxygens (including phenoxy) is 7. The molecular formula is C26H53NO8. The maximum Gasteiger partial charge on any atom is 0.305 e. The third kappa shape index (κ3) is 31.2. The summed E-state index contributed by atoms with van der Waals surface area (Å²) in [5, 5.41) is 0. The van der Waals surface area contributed by atoms with Gasteiger partial charge in [0.25, 0.3) is 0 Å². The third-order valence-corrected chi connectivity index (χ3v) is 5.02. The summed E-state index contributed by atoms with van der Waals surface area (Å²) in [5.41, 5.74) is 0. The summed E-state index contributed by atoms with van der Waals surface area (Å²) in [6.45, 7) is 9.87. The molecule has 9 heteroatoms. The second kappa shape index (κ2) is 29.4. The lowest BCUT2D eigenvalue weighted by molar-refractivity contribution is -0.145. The van der Waals surface area contributed by atoms with Crippen LogP contribution in [-0.4, -0.2) is 117 Å². The van der Waals surface area contributed by atoms with Gasteiger partial charge in [0.1, 0.15) is 6.61 Å². The van der Waals surface area contributed by atoms with Crippen molar-refractivity contribution in [2.45, 2.75) is 58.3 Å². The molecule has 210 valence electrons. The molecule has 0 amide bonds. The number of carbonyl (C=O) groups is 1. The van der Waals surface area contributed by atoms with E-state index in [1.807, 2.05) is 14.1 Å². The number of nitrogens with zero attached hydrogens (tertiary/aromatic N) is 1. The Hall–Kier alpha value is -0.810. The van der Waals surface area contributed by atoms with Crippen molar-refractivity contribution in [3.05, 3.63) is 0 Å². The monoisotopic (exact) mass is 507 g/mol. The minimum absolute atomic E-state index is 0.132. The van der Waals surface area contributed by atoms with Gasteiger partial charge in [-0.3, -0.25) is 4.79 Å². The van der Waals surface area contributed by atoms with Crippen LogP contribution in [0.1, 0.15) is 58.3 Å². The van der Waals surface area contributed by atoms with Crippen LogP contribution in [0.3, 0.4) is 0 Å². The lowest BCUT2D eigenvalue weighted by atomic mass is 10.1. The van der Waals surface area contributed by atoms with Crippen molar-refractivity contribution in [1.82, 2.24) is 4.90 Å². The summed E-state index contributed by atoms with van der Waals surface area (Å²) in [4.78, 5) is 13.7. The van der Waals surface area contributed by atoms with Crippen LogP contribution in [0, 0.1) is 0 Å². The van der Waals surface area contributed by atoms with Crippen molar-refractivity contribution in [3.8, 4) is 0 Å². The predicted molar refractivity (Wildman–Crippen MR) is 137 cm³/mol. The first-order valence-corrected chi connectivity index (χ1v) is 13.4. The second-order valence-electron chi connectivity index (χ2n) is 8.57. The second-order valence-corrected chi connectivity index (χ2v) is 8.57. The number of esters is 1. The Bertz CT molecular complexity index is 426. The number of carbonyl (C=O) groups excluding carboxylic acids is 1. The van der Waals surface area contributed by atoms with Gasteiger partial charge >= 0.3 is 5.97 Å². The number of rotatable bonds is 29. The SMILES string of the molecule is CCCCCCCCCC(=O)OCCOCCOCCOCCOCCOCCOCCN(C)C. The largest absolute Gasteiger partial charge is 0.463 e. The van der Waals surface area contributed by atoms with Gasteiger partial charge in [0.05, 0.1) is 79.3 Å². The Morgan fingerprint density at radius 2 is 0.886 bits per heavy atom. The van der Waals surface area contributed by atoms with Crippen molar-refractivity contribution >= 4 is 5.97 Å². The standard InChI is InChI=1S/C26H53NO8/c1-4-5-6-7-8-9-10-11-26(28)35-25-24-34-23-22-33-21-20-32-19-18-31-17-16-30-15-14-29-13-12-27(2)3/h4-25H2,1-3H3. The molecule has 0 aromatic carbocycles. The van der Waals surface area contributed by atoms with Crippen molar-refractivity contribution in [2.24, 2.45) is 0 Å². The highest BCUT2D eigenvalue weighted by atomic mass is 16.6. The molecule has 0 radical (unpaired) electrons. The summed E-state index contributed by atoms with van der Waals surface area (Å²) in [6, 6.07) is 0. The van der Waals surface area contributed by atoms with Gasteiger partial charge in [-0.15, -0.1) is 0 Å². The zero-order valence-corrected chi connectivity index (χ0v) is 22.8. The predicted octanol–water partition coefficient (Wildman–Crippen LogP) is 3.33. The molecule has 0 aliphatic rings. The Labute approximate surface area is 214 Å². The molecule has 35 heavy (non-hydrogen) atoms. The van der Waals surface area contributed by atoms with Gasteiger partial charge in [-0.05, 0) is 20.5 Å². The van der Waals surface area contributed by atoms with E-state index in [-0.39, 0.29) is 5.97 Å². The quantitative estimate of drug-likeness (QED) is 0.112. The zero-order valence-electron chi connectivity index (χ0n) is 22.8. The van der Waals surface area contributed by atoms with E-state index in [2.05, 4.69) is 11.8 Å². The Morgan fingerprint density at radius 1 is 0.514 bits per heavy atom. The molecule has 0 rings (SSSR count). The van der Waals surface area contributed by atoms with E-state index < -0.39 is 0 Å². The highest BCUT2D eigenvalue weighted by Crippen LogP contribution is 2.08. The highest BCUT2D eigenvalue weighted by molar-refractivity contribution is 5.69. The zero-order chi connectivity index (χ0) is 25.7. The van der Waals surface area contributed by atoms with Crippen LogP contribution >= 0.6 is 0 Å². The molecule has 0 atom stereocenters. The molecule has 0 aliphatic heterocycles. The summed E-state index contributed by atoms with van der Waals surface area (Å²) < 4.78 is 37.8. The van der Waals surface area contributed by atoms with E-state index in [1.54, 1.807) is 0 Å². The van der Waals surface area contributed by atoms with E-state index in [0.717, 1.165) is 26.0 Å². The van der Waals surface area contributed by atoms with Crippen LogP contribution in [0.4, 0.5) is 0 Å². The van der Waals surface area contributed by atoms with Crippen LogP contribution in [0.2, 0.25) is 0 Å². The first-order chi connectivity index (χ1) is 17.2. The highest BCUT2D eigenvalue weighted by Gasteiger charge is 2.02. The van der Waals surface area contributed by atoms with Gasteiger partial charge in [-0.1, -0.05) is 45.4 Å². The number of hydrogen-bond donors (Lipinski definition) is 0. The van der Waals surface area contributed by atoms with E-state index in [1.165, 1.54) is 32.1 Å². The van der Waals surface area contributed by atoms with Gasteiger partial charge in [0, 0.05) is 13.0 Å². The van der Waals surface area contributed by atoms with Gasteiger partial charge in [-0.25, -0.2) is 0 Å². The van der Waals surface area contributed by atoms with Gasteiger partial charge < -0.3 is 38.1 Å². The smallest absolute Gasteiger partial charge is 0.305 e. The van der Waals surface area contributed by atoms with Crippen LogP contribution < -0.4 is 0 Å². The molecule has 0 aromatic heterocycles. The fraction of sp³-hybridized carbons (Fsp3) is 0.962. The minimum atomic E-state index is -0.132. The van der Waals surface area contributed by atoms with E-state index in [0.29, 0.717) is 85.7 Å². The first kappa shape index (κ1) is 34.2. The van der Waals surface area contributed by atoms with E-state index in [9.17, 15) is 4.79 Å². The van der Waals surface area contributed by atoms with Crippen molar-refractivity contribution in [3.63, 3.8) is 0 Å². The molecule has 0 aromatic rings. The van der Waals surface area contributed by atoms with E-state index >= 15 is 0 Å². The Kier molecular flexibility index (Phi) is 28.7. The molecule has 0 fully saturated rings. The van der Waals surface area contributed by atoms with Crippen LogP contribution in [0.15, 0.2) is 0 Å². The van der Waals surface area contributed by atoms with Gasteiger partial charge in [0.15, 0.2) is 0 Å². The lowest BCUT2D eigenvalue weighted by Gasteiger charge is -2.10. The van der Waals surface area contributed by atoms with Crippen LogP contribution in [-0.2, 0) is 38.0 Å². The molecule has 0 aliphatic carbocycles. The molecule has 0 heterocycles. The average molecular weight is 508 g/mol. The maximum atomic E-state index is 11.7. The van der Waals surface area contributed by atoms with Crippen LogP contribution in [0.5, 0.6) is 0 Å². The summed E-state index contributed by atoms with van der Waals surface area (Å²) in [6.07, 6.45) is 8.86. The van der Waals surface area contributed by atoms with Gasteiger partial charge in [-0.2, -0.15) is 0 Å². The average Bonchev–Trinajstić information content (AvgIpc) is 2.84. The normalized spacial score (nSPS) is 11.4. The summed E-state index contributed by atoms with van der Waals surface area (Å²) in [7, 11) is 4.04. The summed E-state index contributed by atoms with van der Waals surface area (Å²) >= 11 is 0. The minimum Gasteiger partial charge on any atom is -0.463 e. The Morgan fingerprint density at radius 3 is 1.31 bits per heavy atom. The number of unbranched alkanes of at least 4 members (excludes halogenated alkanes) is 6. The molecule has 0 unspecified atom stereocenters. The molecule has 0 N–H and O–H groups in total. The van der Waals surface area contributed by atoms with Gasteiger partial charge in [0.2, 0.25) is 0 Å². The third-order valence-electron chi connectivity index (χ3n) is 5.02. The first-order valence-electron chi connectivity index (χ1n) is 13.4. The topological polar surface area (TPSA) is 84.9 Å². The summed E-state index contributed by atoms with van der Waals surface area (Å²) in [5.74, 6) is -0.132. The van der Waals surface area contributed by atoms with E-state index in [4.69, 9.17) is 33.2 Å². The molecule has 9 nitrogen and oxygen atoms in total. The molecular weight excluding hydrogens is 454 g/mol. The lowest BCUT2D eigenvalue weighted by Crippen LogP contribution is -2.19. The fourth-order valence-electron chi connectivity index (χ4n) is 2.96. The molecule has 0 saturated heterocycles. The van der Waals surface area contributed by atoms with Crippen LogP contribution in [0.25, 0.3) is 0 Å². The Balaban J connectivity index is 3.11. The fourth-order valence-corrected chi connectivity index (χ4v) is 2.96. The molecule has 0 saturated carbocycles. The van der Waals surface area contributed by atoms with Crippen molar-refractivity contribution in [1.29, 1.82) is 0 Å².